The molecule has 1 aromatic rings. The normalized spacial score (nSPS) is 10.6. The maximum atomic E-state index is 12.3. The van der Waals surface area contributed by atoms with Crippen LogP contribution < -0.4 is 17.0 Å². The highest BCUT2D eigenvalue weighted by molar-refractivity contribution is 5.69. The van der Waals surface area contributed by atoms with E-state index in [2.05, 4.69) is 0 Å². The van der Waals surface area contributed by atoms with Gasteiger partial charge in [-0.3, -0.25) is 18.7 Å². The van der Waals surface area contributed by atoms with Crippen molar-refractivity contribution in [3.05, 3.63) is 26.9 Å². The molecule has 0 bridgehead atoms. The van der Waals surface area contributed by atoms with E-state index in [1.165, 1.54) is 15.2 Å². The van der Waals surface area contributed by atoms with Crippen LogP contribution in [0.3, 0.4) is 0 Å². The van der Waals surface area contributed by atoms with Gasteiger partial charge in [-0.2, -0.15) is 0 Å². The minimum absolute atomic E-state index is 0.200. The van der Waals surface area contributed by atoms with Crippen molar-refractivity contribution in [1.29, 1.82) is 0 Å². The first kappa shape index (κ1) is 18.0. The Morgan fingerprint density at radius 1 is 1.14 bits per heavy atom. The van der Waals surface area contributed by atoms with E-state index in [0.717, 1.165) is 12.8 Å². The van der Waals surface area contributed by atoms with Crippen LogP contribution in [0.5, 0.6) is 0 Å². The van der Waals surface area contributed by atoms with E-state index in [1.807, 2.05) is 6.92 Å². The molecule has 0 unspecified atom stereocenters. The summed E-state index contributed by atoms with van der Waals surface area (Å²) in [5.41, 5.74) is 4.97. The Kier molecular flexibility index (Phi) is 7.42. The van der Waals surface area contributed by atoms with E-state index in [4.69, 9.17) is 10.5 Å². The van der Waals surface area contributed by atoms with Crippen LogP contribution in [0.1, 0.15) is 46.0 Å². The molecule has 0 aliphatic rings. The summed E-state index contributed by atoms with van der Waals surface area (Å²) < 4.78 is 7.44. The van der Waals surface area contributed by atoms with Crippen molar-refractivity contribution in [3.63, 3.8) is 0 Å². The number of carbonyl (C=O) groups excluding carboxylic acids is 1. The van der Waals surface area contributed by atoms with Gasteiger partial charge in [0.2, 0.25) is 0 Å². The molecule has 7 nitrogen and oxygen atoms in total. The molecule has 22 heavy (non-hydrogen) atoms. The van der Waals surface area contributed by atoms with E-state index < -0.39 is 5.56 Å². The predicted molar refractivity (Wildman–Crippen MR) is 84.8 cm³/mol. The predicted octanol–water partition coefficient (Wildman–Crippen LogP) is 1.13. The molecule has 124 valence electrons. The molecule has 0 saturated heterocycles. The third kappa shape index (κ3) is 5.05. The average molecular weight is 311 g/mol. The van der Waals surface area contributed by atoms with Gasteiger partial charge in [0.1, 0.15) is 5.82 Å². The topological polar surface area (TPSA) is 96.3 Å². The van der Waals surface area contributed by atoms with Gasteiger partial charge < -0.3 is 10.5 Å². The summed E-state index contributed by atoms with van der Waals surface area (Å²) in [5.74, 6) is -0.0567. The van der Waals surface area contributed by atoms with Gasteiger partial charge in [-0.1, -0.05) is 13.3 Å². The molecular formula is C15H25N3O4. The van der Waals surface area contributed by atoms with E-state index in [0.29, 0.717) is 32.4 Å². The first-order valence-corrected chi connectivity index (χ1v) is 7.77. The van der Waals surface area contributed by atoms with Crippen molar-refractivity contribution in [1.82, 2.24) is 9.13 Å². The molecule has 0 aliphatic heterocycles. The number of hydrogen-bond donors (Lipinski definition) is 1. The van der Waals surface area contributed by atoms with Gasteiger partial charge >= 0.3 is 11.7 Å². The van der Waals surface area contributed by atoms with Crippen LogP contribution in [0, 0.1) is 0 Å². The number of anilines is 1. The summed E-state index contributed by atoms with van der Waals surface area (Å²) in [6.45, 7) is 4.92. The molecular weight excluding hydrogens is 286 g/mol. The zero-order valence-electron chi connectivity index (χ0n) is 13.3. The van der Waals surface area contributed by atoms with Crippen molar-refractivity contribution in [3.8, 4) is 0 Å². The first-order chi connectivity index (χ1) is 10.5. The Hall–Kier alpha value is -2.05. The zero-order valence-corrected chi connectivity index (χ0v) is 13.3. The summed E-state index contributed by atoms with van der Waals surface area (Å²) in [6, 6.07) is 1.28. The summed E-state index contributed by atoms with van der Waals surface area (Å²) in [6.07, 6.45) is 3.19. The lowest BCUT2D eigenvalue weighted by atomic mass is 10.2. The van der Waals surface area contributed by atoms with Crippen LogP contribution in [-0.2, 0) is 22.6 Å². The summed E-state index contributed by atoms with van der Waals surface area (Å²) >= 11 is 0. The van der Waals surface area contributed by atoms with Crippen LogP contribution in [0.15, 0.2) is 15.7 Å². The molecule has 1 rings (SSSR count). The van der Waals surface area contributed by atoms with Gasteiger partial charge in [-0.05, 0) is 26.2 Å². The van der Waals surface area contributed by atoms with Crippen LogP contribution in [-0.4, -0.2) is 21.7 Å². The number of carbonyl (C=O) groups is 1. The average Bonchev–Trinajstić information content (AvgIpc) is 2.46. The lowest BCUT2D eigenvalue weighted by Gasteiger charge is -2.12. The van der Waals surface area contributed by atoms with Gasteiger partial charge in [0.05, 0.1) is 6.61 Å². The van der Waals surface area contributed by atoms with E-state index >= 15 is 0 Å². The fraction of sp³-hybridized carbons (Fsp3) is 0.667. The van der Waals surface area contributed by atoms with Crippen LogP contribution in [0.25, 0.3) is 0 Å². The number of nitrogen functional groups attached to an aromatic ring is 1. The first-order valence-electron chi connectivity index (χ1n) is 7.77. The lowest BCUT2D eigenvalue weighted by Crippen LogP contribution is -2.40. The molecule has 0 fully saturated rings. The summed E-state index contributed by atoms with van der Waals surface area (Å²) in [7, 11) is 0. The number of nitrogens with zero attached hydrogens (tertiary/aromatic N) is 2. The monoisotopic (exact) mass is 311 g/mol. The Bertz CT molecular complexity index is 604. The molecule has 0 aromatic carbocycles. The van der Waals surface area contributed by atoms with E-state index in [9.17, 15) is 14.4 Å². The van der Waals surface area contributed by atoms with Gasteiger partial charge in [-0.15, -0.1) is 0 Å². The van der Waals surface area contributed by atoms with Gasteiger partial charge in [0.25, 0.3) is 5.56 Å². The number of hydrogen-bond acceptors (Lipinski definition) is 5. The smallest absolute Gasteiger partial charge is 0.332 e. The molecule has 2 N–H and O–H groups in total. The van der Waals surface area contributed by atoms with Crippen LogP contribution >= 0.6 is 0 Å². The Balaban J connectivity index is 2.72. The zero-order chi connectivity index (χ0) is 16.5. The number of rotatable bonds is 9. The fourth-order valence-electron chi connectivity index (χ4n) is 2.15. The molecule has 1 heterocycles. The second-order valence-electron chi connectivity index (χ2n) is 5.11. The van der Waals surface area contributed by atoms with Crippen LogP contribution in [0.2, 0.25) is 0 Å². The number of ether oxygens (including phenoxy) is 1. The Morgan fingerprint density at radius 2 is 1.82 bits per heavy atom. The third-order valence-electron chi connectivity index (χ3n) is 3.36. The fourth-order valence-corrected chi connectivity index (χ4v) is 2.15. The van der Waals surface area contributed by atoms with Crippen molar-refractivity contribution >= 4 is 11.8 Å². The summed E-state index contributed by atoms with van der Waals surface area (Å²) in [4.78, 5) is 35.4. The van der Waals surface area contributed by atoms with Crippen LogP contribution in [0.4, 0.5) is 5.82 Å². The molecule has 0 amide bonds. The van der Waals surface area contributed by atoms with Gasteiger partial charge in [-0.25, -0.2) is 4.79 Å². The van der Waals surface area contributed by atoms with Crippen molar-refractivity contribution in [2.45, 2.75) is 59.0 Å². The number of esters is 1. The number of unbranched alkanes of at least 4 members (excludes halogenated alkanes) is 2. The quantitative estimate of drug-likeness (QED) is 0.544. The highest BCUT2D eigenvalue weighted by atomic mass is 16.5. The highest BCUT2D eigenvalue weighted by Gasteiger charge is 2.09. The molecule has 0 aliphatic carbocycles. The van der Waals surface area contributed by atoms with E-state index in [1.54, 1.807) is 6.92 Å². The SMILES string of the molecule is CCCCn1c(N)cc(=O)n(CCCCC(=O)OCC)c1=O. The lowest BCUT2D eigenvalue weighted by molar-refractivity contribution is -0.143. The molecule has 1 aromatic heterocycles. The second kappa shape index (κ2) is 9.07. The largest absolute Gasteiger partial charge is 0.466 e. The van der Waals surface area contributed by atoms with Gasteiger partial charge in [0.15, 0.2) is 0 Å². The molecule has 7 heteroatoms. The maximum absolute atomic E-state index is 12.3. The molecule has 0 radical (unpaired) electrons. The summed E-state index contributed by atoms with van der Waals surface area (Å²) in [5, 5.41) is 0. The highest BCUT2D eigenvalue weighted by Crippen LogP contribution is 2.01. The Morgan fingerprint density at radius 3 is 2.45 bits per heavy atom. The number of nitrogens with two attached hydrogens (primary N) is 1. The molecule has 0 atom stereocenters. The van der Waals surface area contributed by atoms with Crippen molar-refractivity contribution < 1.29 is 9.53 Å². The minimum atomic E-state index is -0.397. The molecule has 0 spiro atoms. The van der Waals surface area contributed by atoms with Crippen molar-refractivity contribution in [2.24, 2.45) is 0 Å². The number of aromatic nitrogens is 2. The van der Waals surface area contributed by atoms with Gasteiger partial charge in [0, 0.05) is 25.6 Å². The standard InChI is InChI=1S/C15H25N3O4/c1-3-5-9-17-12(16)11-13(19)18(15(17)21)10-7-6-8-14(20)22-4-2/h11H,3-10,16H2,1-2H3. The van der Waals surface area contributed by atoms with E-state index in [-0.39, 0.29) is 24.0 Å². The molecule has 0 saturated carbocycles. The maximum Gasteiger partial charge on any atom is 0.332 e. The minimum Gasteiger partial charge on any atom is -0.466 e. The second-order valence-corrected chi connectivity index (χ2v) is 5.11. The Labute approximate surface area is 129 Å². The van der Waals surface area contributed by atoms with Crippen molar-refractivity contribution in [2.75, 3.05) is 12.3 Å². The third-order valence-corrected chi connectivity index (χ3v) is 3.36.